The second kappa shape index (κ2) is 5.69. The van der Waals surface area contributed by atoms with Gasteiger partial charge in [-0.15, -0.1) is 11.3 Å². The van der Waals surface area contributed by atoms with E-state index < -0.39 is 15.8 Å². The van der Waals surface area contributed by atoms with Crippen molar-refractivity contribution in [2.75, 3.05) is 4.72 Å². The van der Waals surface area contributed by atoms with E-state index in [-0.39, 0.29) is 22.2 Å². The summed E-state index contributed by atoms with van der Waals surface area (Å²) in [5.41, 5.74) is 6.37. The zero-order valence-electron chi connectivity index (χ0n) is 10.5. The van der Waals surface area contributed by atoms with Gasteiger partial charge in [0.05, 0.1) is 10.7 Å². The third-order valence-corrected chi connectivity index (χ3v) is 5.77. The Bertz CT molecular complexity index is 744. The Kier molecular flexibility index (Phi) is 4.33. The van der Waals surface area contributed by atoms with E-state index in [9.17, 15) is 12.8 Å². The van der Waals surface area contributed by atoms with E-state index in [2.05, 4.69) is 4.72 Å². The lowest BCUT2D eigenvalue weighted by atomic mass is 10.3. The van der Waals surface area contributed by atoms with Gasteiger partial charge < -0.3 is 5.73 Å². The average Bonchev–Trinajstić information content (AvgIpc) is 2.75. The minimum atomic E-state index is -3.77. The molecule has 0 atom stereocenters. The Morgan fingerprint density at radius 1 is 1.45 bits per heavy atom. The molecule has 0 aliphatic rings. The molecule has 0 amide bonds. The van der Waals surface area contributed by atoms with Gasteiger partial charge in [0.2, 0.25) is 0 Å². The molecule has 108 valence electrons. The number of nitrogens with two attached hydrogens (primary N) is 1. The molecule has 0 fully saturated rings. The van der Waals surface area contributed by atoms with E-state index >= 15 is 0 Å². The maximum absolute atomic E-state index is 13.1. The van der Waals surface area contributed by atoms with E-state index in [0.29, 0.717) is 10.4 Å². The molecule has 0 unspecified atom stereocenters. The largest absolute Gasteiger partial charge is 0.326 e. The number of hydrogen-bond donors (Lipinski definition) is 2. The van der Waals surface area contributed by atoms with Crippen molar-refractivity contribution in [1.82, 2.24) is 0 Å². The number of thiophene rings is 1. The summed E-state index contributed by atoms with van der Waals surface area (Å²) in [6.07, 6.45) is 0. The third-order valence-electron chi connectivity index (χ3n) is 2.62. The molecule has 2 aromatic rings. The quantitative estimate of drug-likeness (QED) is 0.902. The monoisotopic (exact) mass is 334 g/mol. The standard InChI is InChI=1S/C12H12ClFN2O2S2/c1-7-6-19-11(5-15)12(7)20(17,18)16-8-2-3-10(14)9(13)4-8/h2-4,6,16H,5,15H2,1H3. The fourth-order valence-electron chi connectivity index (χ4n) is 1.75. The highest BCUT2D eigenvalue weighted by Crippen LogP contribution is 2.29. The van der Waals surface area contributed by atoms with Gasteiger partial charge in [0.25, 0.3) is 10.0 Å². The van der Waals surface area contributed by atoms with Crippen LogP contribution < -0.4 is 10.5 Å². The number of aryl methyl sites for hydroxylation is 1. The summed E-state index contributed by atoms with van der Waals surface area (Å²) < 4.78 is 40.2. The van der Waals surface area contributed by atoms with Crippen LogP contribution in [-0.4, -0.2) is 8.42 Å². The van der Waals surface area contributed by atoms with Crippen molar-refractivity contribution >= 4 is 38.6 Å². The SMILES string of the molecule is Cc1csc(CN)c1S(=O)(=O)Nc1ccc(F)c(Cl)c1. The summed E-state index contributed by atoms with van der Waals surface area (Å²) in [5.74, 6) is -0.607. The number of hydrogen-bond acceptors (Lipinski definition) is 4. The first-order chi connectivity index (χ1) is 9.35. The molecule has 4 nitrogen and oxygen atoms in total. The fraction of sp³-hybridized carbons (Fsp3) is 0.167. The van der Waals surface area contributed by atoms with Gasteiger partial charge >= 0.3 is 0 Å². The number of anilines is 1. The molecule has 0 bridgehead atoms. The van der Waals surface area contributed by atoms with Crippen molar-refractivity contribution in [2.24, 2.45) is 5.73 Å². The Morgan fingerprint density at radius 3 is 2.75 bits per heavy atom. The Balaban J connectivity index is 2.40. The van der Waals surface area contributed by atoms with Gasteiger partial charge in [0.15, 0.2) is 0 Å². The average molecular weight is 335 g/mol. The van der Waals surface area contributed by atoms with Gasteiger partial charge in [-0.1, -0.05) is 11.6 Å². The minimum Gasteiger partial charge on any atom is -0.326 e. The molecule has 3 N–H and O–H groups in total. The van der Waals surface area contributed by atoms with Crippen LogP contribution in [0.2, 0.25) is 5.02 Å². The van der Waals surface area contributed by atoms with E-state index in [1.807, 2.05) is 0 Å². The van der Waals surface area contributed by atoms with E-state index in [0.717, 1.165) is 6.07 Å². The van der Waals surface area contributed by atoms with Gasteiger partial charge in [0.1, 0.15) is 10.7 Å². The number of rotatable bonds is 4. The molecule has 2 rings (SSSR count). The molecular weight excluding hydrogens is 323 g/mol. The zero-order chi connectivity index (χ0) is 14.9. The highest BCUT2D eigenvalue weighted by molar-refractivity contribution is 7.93. The first-order valence-corrected chi connectivity index (χ1v) is 8.34. The van der Waals surface area contributed by atoms with Crippen LogP contribution in [-0.2, 0) is 16.6 Å². The second-order valence-corrected chi connectivity index (χ2v) is 7.10. The van der Waals surface area contributed by atoms with Gasteiger partial charge in [-0.05, 0) is 36.1 Å². The summed E-state index contributed by atoms with van der Waals surface area (Å²) >= 11 is 6.92. The molecule has 0 radical (unpaired) electrons. The first-order valence-electron chi connectivity index (χ1n) is 5.60. The number of sulfonamides is 1. The fourth-order valence-corrected chi connectivity index (χ4v) is 4.69. The molecule has 0 aliphatic heterocycles. The van der Waals surface area contributed by atoms with E-state index in [4.69, 9.17) is 17.3 Å². The van der Waals surface area contributed by atoms with Crippen LogP contribution in [0.4, 0.5) is 10.1 Å². The zero-order valence-corrected chi connectivity index (χ0v) is 12.9. The number of nitrogens with one attached hydrogen (secondary N) is 1. The molecule has 1 heterocycles. The predicted octanol–water partition coefficient (Wildman–Crippen LogP) is 3.11. The van der Waals surface area contributed by atoms with Crippen LogP contribution in [0.5, 0.6) is 0 Å². The van der Waals surface area contributed by atoms with Crippen molar-refractivity contribution in [2.45, 2.75) is 18.4 Å². The lowest BCUT2D eigenvalue weighted by molar-refractivity contribution is 0.600. The summed E-state index contributed by atoms with van der Waals surface area (Å²) in [6.45, 7) is 1.83. The predicted molar refractivity (Wildman–Crippen MR) is 79.2 cm³/mol. The summed E-state index contributed by atoms with van der Waals surface area (Å²) in [4.78, 5) is 0.744. The summed E-state index contributed by atoms with van der Waals surface area (Å²) in [7, 11) is -3.77. The number of halogens is 2. The van der Waals surface area contributed by atoms with Crippen LogP contribution in [0.1, 0.15) is 10.4 Å². The smallest absolute Gasteiger partial charge is 0.263 e. The van der Waals surface area contributed by atoms with Crippen molar-refractivity contribution < 1.29 is 12.8 Å². The van der Waals surface area contributed by atoms with Crippen LogP contribution in [0.25, 0.3) is 0 Å². The highest BCUT2D eigenvalue weighted by Gasteiger charge is 2.22. The lowest BCUT2D eigenvalue weighted by Gasteiger charge is -2.10. The van der Waals surface area contributed by atoms with Gasteiger partial charge in [-0.3, -0.25) is 4.72 Å². The van der Waals surface area contributed by atoms with Crippen LogP contribution in [0, 0.1) is 12.7 Å². The molecule has 8 heteroatoms. The lowest BCUT2D eigenvalue weighted by Crippen LogP contribution is -2.15. The normalized spacial score (nSPS) is 11.6. The topological polar surface area (TPSA) is 72.2 Å². The molecule has 1 aromatic heterocycles. The van der Waals surface area contributed by atoms with Crippen molar-refractivity contribution in [3.8, 4) is 0 Å². The molecule has 0 saturated carbocycles. The highest BCUT2D eigenvalue weighted by atomic mass is 35.5. The maximum Gasteiger partial charge on any atom is 0.263 e. The molecule has 20 heavy (non-hydrogen) atoms. The molecule has 1 aromatic carbocycles. The Morgan fingerprint density at radius 2 is 2.15 bits per heavy atom. The van der Waals surface area contributed by atoms with Crippen molar-refractivity contribution in [3.05, 3.63) is 44.9 Å². The Labute approximate surface area is 125 Å². The molecule has 0 spiro atoms. The van der Waals surface area contributed by atoms with E-state index in [1.54, 1.807) is 12.3 Å². The van der Waals surface area contributed by atoms with Gasteiger partial charge in [0, 0.05) is 11.4 Å². The molecule has 0 saturated heterocycles. The third kappa shape index (κ3) is 2.95. The van der Waals surface area contributed by atoms with Crippen molar-refractivity contribution in [3.63, 3.8) is 0 Å². The van der Waals surface area contributed by atoms with Crippen LogP contribution >= 0.6 is 22.9 Å². The molecular formula is C12H12ClFN2O2S2. The second-order valence-electron chi connectivity index (χ2n) is 4.11. The van der Waals surface area contributed by atoms with Crippen LogP contribution in [0.3, 0.4) is 0 Å². The summed E-state index contributed by atoms with van der Waals surface area (Å²) in [5, 5.41) is 1.58. The van der Waals surface area contributed by atoms with Gasteiger partial charge in [-0.2, -0.15) is 0 Å². The van der Waals surface area contributed by atoms with Gasteiger partial charge in [-0.25, -0.2) is 12.8 Å². The van der Waals surface area contributed by atoms with Crippen molar-refractivity contribution in [1.29, 1.82) is 0 Å². The maximum atomic E-state index is 13.1. The minimum absolute atomic E-state index is 0.138. The first kappa shape index (κ1) is 15.2. The molecule has 0 aliphatic carbocycles. The number of benzene rings is 1. The van der Waals surface area contributed by atoms with Crippen LogP contribution in [0.15, 0.2) is 28.5 Å². The Hall–Kier alpha value is -1.15. The van der Waals surface area contributed by atoms with E-state index in [1.165, 1.54) is 23.5 Å². The summed E-state index contributed by atoms with van der Waals surface area (Å²) in [6, 6.07) is 3.63.